The van der Waals surface area contributed by atoms with Crippen molar-refractivity contribution >= 4 is 12.0 Å². The number of hydrogen-bond acceptors (Lipinski definition) is 3. The van der Waals surface area contributed by atoms with Crippen LogP contribution in [0.2, 0.25) is 0 Å². The van der Waals surface area contributed by atoms with Crippen molar-refractivity contribution in [1.82, 2.24) is 10.6 Å². The van der Waals surface area contributed by atoms with Crippen molar-refractivity contribution in [3.63, 3.8) is 0 Å². The molecule has 6 nitrogen and oxygen atoms in total. The number of rotatable bonds is 7. The second-order valence-corrected chi connectivity index (χ2v) is 4.69. The number of carboxylic acids is 1. The summed E-state index contributed by atoms with van der Waals surface area (Å²) in [6.07, 6.45) is 6.02. The lowest BCUT2D eigenvalue weighted by Gasteiger charge is -2.15. The lowest BCUT2D eigenvalue weighted by atomic mass is 10.0. The second kappa shape index (κ2) is 7.92. The molecule has 0 heterocycles. The minimum atomic E-state index is -1.09. The van der Waals surface area contributed by atoms with E-state index in [9.17, 15) is 9.59 Å². The van der Waals surface area contributed by atoms with Crippen LogP contribution in [0.25, 0.3) is 0 Å². The average Bonchev–Trinajstić information content (AvgIpc) is 2.81. The van der Waals surface area contributed by atoms with Gasteiger partial charge < -0.3 is 20.5 Å². The molecule has 0 aromatic carbocycles. The molecule has 2 amide bonds. The fraction of sp³-hybridized carbons (Fsp3) is 0.833. The molecular formula is C12H22N2O4. The van der Waals surface area contributed by atoms with Gasteiger partial charge in [-0.05, 0) is 12.3 Å². The van der Waals surface area contributed by atoms with E-state index in [2.05, 4.69) is 10.6 Å². The summed E-state index contributed by atoms with van der Waals surface area (Å²) in [5.74, 6) is -0.387. The van der Waals surface area contributed by atoms with E-state index in [4.69, 9.17) is 9.84 Å². The molecule has 1 rings (SSSR count). The van der Waals surface area contributed by atoms with Crippen LogP contribution in [0.5, 0.6) is 0 Å². The van der Waals surface area contributed by atoms with Gasteiger partial charge in [0, 0.05) is 13.7 Å². The van der Waals surface area contributed by atoms with Crippen LogP contribution in [0.1, 0.15) is 32.1 Å². The zero-order valence-electron chi connectivity index (χ0n) is 10.8. The Balaban J connectivity index is 2.16. The SMILES string of the molecule is COCC(NC(=O)NCCC1CCCC1)C(=O)O. The maximum atomic E-state index is 11.5. The van der Waals surface area contributed by atoms with Crippen molar-refractivity contribution in [2.45, 2.75) is 38.1 Å². The van der Waals surface area contributed by atoms with E-state index in [-0.39, 0.29) is 6.61 Å². The minimum Gasteiger partial charge on any atom is -0.480 e. The smallest absolute Gasteiger partial charge is 0.328 e. The Morgan fingerprint density at radius 3 is 2.61 bits per heavy atom. The number of ether oxygens (including phenoxy) is 1. The highest BCUT2D eigenvalue weighted by molar-refractivity contribution is 5.82. The maximum Gasteiger partial charge on any atom is 0.328 e. The lowest BCUT2D eigenvalue weighted by molar-refractivity contribution is -0.140. The molecule has 1 unspecified atom stereocenters. The number of carbonyl (C=O) groups excluding carboxylic acids is 1. The molecule has 1 aliphatic rings. The van der Waals surface area contributed by atoms with Crippen molar-refractivity contribution in [2.75, 3.05) is 20.3 Å². The Morgan fingerprint density at radius 2 is 2.06 bits per heavy atom. The molecule has 0 aromatic rings. The molecule has 1 aliphatic carbocycles. The number of carboxylic acid groups (broad SMARTS) is 1. The van der Waals surface area contributed by atoms with Gasteiger partial charge in [-0.2, -0.15) is 0 Å². The third kappa shape index (κ3) is 5.35. The highest BCUT2D eigenvalue weighted by Gasteiger charge is 2.20. The number of amides is 2. The number of aliphatic carboxylic acids is 1. The number of hydrogen-bond donors (Lipinski definition) is 3. The molecule has 0 aliphatic heterocycles. The third-order valence-corrected chi connectivity index (χ3v) is 3.25. The summed E-state index contributed by atoms with van der Waals surface area (Å²) in [6.45, 7) is 0.557. The van der Waals surface area contributed by atoms with Gasteiger partial charge in [0.2, 0.25) is 0 Å². The van der Waals surface area contributed by atoms with Gasteiger partial charge in [0.25, 0.3) is 0 Å². The number of methoxy groups -OCH3 is 1. The van der Waals surface area contributed by atoms with Gasteiger partial charge in [-0.3, -0.25) is 0 Å². The molecule has 0 radical (unpaired) electrons. The van der Waals surface area contributed by atoms with Crippen LogP contribution < -0.4 is 10.6 Å². The molecule has 1 saturated carbocycles. The third-order valence-electron chi connectivity index (χ3n) is 3.25. The summed E-state index contributed by atoms with van der Waals surface area (Å²) >= 11 is 0. The first-order valence-electron chi connectivity index (χ1n) is 6.39. The number of carbonyl (C=O) groups is 2. The van der Waals surface area contributed by atoms with E-state index < -0.39 is 18.0 Å². The Bertz CT molecular complexity index is 277. The largest absolute Gasteiger partial charge is 0.480 e. The predicted molar refractivity (Wildman–Crippen MR) is 66.4 cm³/mol. The molecule has 1 atom stereocenters. The number of nitrogens with one attached hydrogen (secondary N) is 2. The van der Waals surface area contributed by atoms with Gasteiger partial charge in [0.1, 0.15) is 0 Å². The summed E-state index contributed by atoms with van der Waals surface area (Å²) in [5, 5.41) is 13.9. The predicted octanol–water partition coefficient (Wildman–Crippen LogP) is 0.965. The van der Waals surface area contributed by atoms with Crippen LogP contribution in [0.3, 0.4) is 0 Å². The zero-order valence-corrected chi connectivity index (χ0v) is 10.8. The standard InChI is InChI=1S/C12H22N2O4/c1-18-8-10(11(15)16)14-12(17)13-7-6-9-4-2-3-5-9/h9-10H,2-8H2,1H3,(H,15,16)(H2,13,14,17). The van der Waals surface area contributed by atoms with Crippen LogP contribution in [-0.2, 0) is 9.53 Å². The first-order valence-corrected chi connectivity index (χ1v) is 6.39. The van der Waals surface area contributed by atoms with Gasteiger partial charge in [0.15, 0.2) is 6.04 Å². The summed E-state index contributed by atoms with van der Waals surface area (Å²) in [6, 6.07) is -1.45. The summed E-state index contributed by atoms with van der Waals surface area (Å²) < 4.78 is 4.73. The Labute approximate surface area is 107 Å². The molecule has 1 fully saturated rings. The van der Waals surface area contributed by atoms with Crippen molar-refractivity contribution in [1.29, 1.82) is 0 Å². The van der Waals surface area contributed by atoms with E-state index in [1.807, 2.05) is 0 Å². The van der Waals surface area contributed by atoms with Gasteiger partial charge in [-0.1, -0.05) is 25.7 Å². The van der Waals surface area contributed by atoms with Crippen LogP contribution >= 0.6 is 0 Å². The first-order chi connectivity index (χ1) is 8.63. The average molecular weight is 258 g/mol. The molecule has 18 heavy (non-hydrogen) atoms. The summed E-state index contributed by atoms with van der Waals surface area (Å²) in [7, 11) is 1.40. The van der Waals surface area contributed by atoms with E-state index in [1.165, 1.54) is 32.8 Å². The van der Waals surface area contributed by atoms with E-state index in [0.29, 0.717) is 12.5 Å². The maximum absolute atomic E-state index is 11.5. The highest BCUT2D eigenvalue weighted by Crippen LogP contribution is 2.26. The molecule has 104 valence electrons. The molecule has 0 aromatic heterocycles. The van der Waals surface area contributed by atoms with E-state index >= 15 is 0 Å². The van der Waals surface area contributed by atoms with E-state index in [0.717, 1.165) is 6.42 Å². The van der Waals surface area contributed by atoms with Crippen LogP contribution in [0.4, 0.5) is 4.79 Å². The van der Waals surface area contributed by atoms with Crippen molar-refractivity contribution in [3.05, 3.63) is 0 Å². The molecule has 0 bridgehead atoms. The van der Waals surface area contributed by atoms with Crippen molar-refractivity contribution in [2.24, 2.45) is 5.92 Å². The van der Waals surface area contributed by atoms with Crippen LogP contribution in [-0.4, -0.2) is 43.4 Å². The Hall–Kier alpha value is -1.30. The fourth-order valence-electron chi connectivity index (χ4n) is 2.24. The summed E-state index contributed by atoms with van der Waals surface area (Å²) in [5.41, 5.74) is 0. The van der Waals surface area contributed by atoms with Gasteiger partial charge >= 0.3 is 12.0 Å². The molecular weight excluding hydrogens is 236 g/mol. The van der Waals surface area contributed by atoms with Gasteiger partial charge in [0.05, 0.1) is 6.61 Å². The minimum absolute atomic E-state index is 0.0363. The molecule has 6 heteroatoms. The highest BCUT2D eigenvalue weighted by atomic mass is 16.5. The molecule has 3 N–H and O–H groups in total. The zero-order chi connectivity index (χ0) is 13.4. The Morgan fingerprint density at radius 1 is 1.39 bits per heavy atom. The monoisotopic (exact) mass is 258 g/mol. The van der Waals surface area contributed by atoms with E-state index in [1.54, 1.807) is 0 Å². The van der Waals surface area contributed by atoms with Gasteiger partial charge in [-0.25, -0.2) is 9.59 Å². The fourth-order valence-corrected chi connectivity index (χ4v) is 2.24. The van der Waals surface area contributed by atoms with Crippen molar-refractivity contribution < 1.29 is 19.4 Å². The molecule has 0 spiro atoms. The normalized spacial score (nSPS) is 17.4. The topological polar surface area (TPSA) is 87.7 Å². The lowest BCUT2D eigenvalue weighted by Crippen LogP contribution is -2.48. The van der Waals surface area contributed by atoms with Crippen molar-refractivity contribution in [3.8, 4) is 0 Å². The van der Waals surface area contributed by atoms with Gasteiger partial charge in [-0.15, -0.1) is 0 Å². The second-order valence-electron chi connectivity index (χ2n) is 4.69. The quantitative estimate of drug-likeness (QED) is 0.635. The summed E-state index contributed by atoms with van der Waals surface area (Å²) in [4.78, 5) is 22.3. The first kappa shape index (κ1) is 14.8. The van der Waals surface area contributed by atoms with Crippen LogP contribution in [0, 0.1) is 5.92 Å². The Kier molecular flexibility index (Phi) is 6.49. The molecule has 0 saturated heterocycles. The van der Waals surface area contributed by atoms with Crippen LogP contribution in [0.15, 0.2) is 0 Å². The number of urea groups is 1.